The molecule has 0 saturated carbocycles. The van der Waals surface area contributed by atoms with E-state index in [1.807, 2.05) is 30.3 Å². The van der Waals surface area contributed by atoms with E-state index in [-0.39, 0.29) is 0 Å². The summed E-state index contributed by atoms with van der Waals surface area (Å²) in [5.74, 6) is 0.944. The average Bonchev–Trinajstić information content (AvgIpc) is 2.49. The number of aromatic nitrogens is 2. The fourth-order valence-corrected chi connectivity index (χ4v) is 2.10. The number of halogens is 1. The molecule has 0 radical (unpaired) electrons. The van der Waals surface area contributed by atoms with E-state index in [1.54, 1.807) is 18.5 Å². The quantitative estimate of drug-likeness (QED) is 0.799. The summed E-state index contributed by atoms with van der Waals surface area (Å²) in [6.45, 7) is 0.393. The predicted molar refractivity (Wildman–Crippen MR) is 79.0 cm³/mol. The fraction of sp³-hybridized carbons (Fsp3) is 0.0667. The van der Waals surface area contributed by atoms with E-state index in [1.165, 1.54) is 0 Å². The van der Waals surface area contributed by atoms with Crippen molar-refractivity contribution in [3.05, 3.63) is 59.4 Å². The second-order valence-electron chi connectivity index (χ2n) is 4.30. The van der Waals surface area contributed by atoms with Gasteiger partial charge >= 0.3 is 0 Å². The van der Waals surface area contributed by atoms with E-state index < -0.39 is 0 Å². The molecule has 0 aliphatic rings. The van der Waals surface area contributed by atoms with E-state index in [2.05, 4.69) is 9.97 Å². The molecular formula is C15H12ClN3O. The topological polar surface area (TPSA) is 61.0 Å². The van der Waals surface area contributed by atoms with Gasteiger partial charge in [0.15, 0.2) is 0 Å². The Labute approximate surface area is 121 Å². The first-order valence-electron chi connectivity index (χ1n) is 6.13. The molecule has 2 aromatic heterocycles. The van der Waals surface area contributed by atoms with Crippen LogP contribution in [0.15, 0.2) is 48.8 Å². The number of nitrogens with zero attached hydrogens (tertiary/aromatic N) is 2. The molecule has 0 saturated heterocycles. The van der Waals surface area contributed by atoms with Crippen LogP contribution in [0.25, 0.3) is 10.9 Å². The minimum absolute atomic E-state index is 0.348. The van der Waals surface area contributed by atoms with Crippen molar-refractivity contribution in [3.63, 3.8) is 0 Å². The van der Waals surface area contributed by atoms with E-state index in [4.69, 9.17) is 22.1 Å². The molecule has 4 nitrogen and oxygen atoms in total. The average molecular weight is 286 g/mol. The first-order valence-corrected chi connectivity index (χ1v) is 6.51. The Hall–Kier alpha value is -2.17. The highest BCUT2D eigenvalue weighted by molar-refractivity contribution is 6.31. The summed E-state index contributed by atoms with van der Waals surface area (Å²) in [7, 11) is 0. The van der Waals surface area contributed by atoms with Crippen LogP contribution in [-0.4, -0.2) is 9.97 Å². The summed E-state index contributed by atoms with van der Waals surface area (Å²) in [5, 5.41) is 1.43. The number of pyridine rings is 2. The van der Waals surface area contributed by atoms with Crippen molar-refractivity contribution in [2.75, 3.05) is 0 Å². The van der Waals surface area contributed by atoms with E-state index in [0.29, 0.717) is 23.2 Å². The van der Waals surface area contributed by atoms with Gasteiger partial charge < -0.3 is 10.5 Å². The number of hydrogen-bond acceptors (Lipinski definition) is 4. The van der Waals surface area contributed by atoms with Gasteiger partial charge in [-0.05, 0) is 23.8 Å². The van der Waals surface area contributed by atoms with Crippen molar-refractivity contribution in [1.82, 2.24) is 9.97 Å². The summed E-state index contributed by atoms with van der Waals surface area (Å²) in [6, 6.07) is 11.5. The van der Waals surface area contributed by atoms with Crippen molar-refractivity contribution < 1.29 is 4.74 Å². The van der Waals surface area contributed by atoms with Crippen molar-refractivity contribution in [2.24, 2.45) is 5.73 Å². The highest BCUT2D eigenvalue weighted by Crippen LogP contribution is 2.28. The van der Waals surface area contributed by atoms with Gasteiger partial charge in [0.1, 0.15) is 10.8 Å². The van der Waals surface area contributed by atoms with E-state index >= 15 is 0 Å². The molecule has 0 atom stereocenters. The monoisotopic (exact) mass is 285 g/mol. The zero-order valence-electron chi connectivity index (χ0n) is 10.6. The lowest BCUT2D eigenvalue weighted by Crippen LogP contribution is -1.98. The van der Waals surface area contributed by atoms with Crippen LogP contribution < -0.4 is 10.5 Å². The minimum Gasteiger partial charge on any atom is -0.436 e. The number of para-hydroxylation sites is 1. The highest BCUT2D eigenvalue weighted by Gasteiger charge is 2.07. The number of rotatable bonds is 3. The lowest BCUT2D eigenvalue weighted by atomic mass is 10.2. The van der Waals surface area contributed by atoms with Gasteiger partial charge in [-0.25, -0.2) is 4.98 Å². The molecular weight excluding hydrogens is 274 g/mol. The minimum atomic E-state index is 0.348. The van der Waals surface area contributed by atoms with Gasteiger partial charge in [0.25, 0.3) is 0 Å². The van der Waals surface area contributed by atoms with Crippen molar-refractivity contribution in [2.45, 2.75) is 6.54 Å². The highest BCUT2D eigenvalue weighted by atomic mass is 35.5. The van der Waals surface area contributed by atoms with Crippen LogP contribution >= 0.6 is 11.6 Å². The third-order valence-electron chi connectivity index (χ3n) is 2.88. The zero-order valence-corrected chi connectivity index (χ0v) is 11.3. The zero-order chi connectivity index (χ0) is 13.9. The predicted octanol–water partition coefficient (Wildman–Crippen LogP) is 3.53. The first-order chi connectivity index (χ1) is 9.76. The summed E-state index contributed by atoms with van der Waals surface area (Å²) in [6.07, 6.45) is 3.30. The van der Waals surface area contributed by atoms with Gasteiger partial charge in [-0.3, -0.25) is 4.98 Å². The molecule has 20 heavy (non-hydrogen) atoms. The van der Waals surface area contributed by atoms with Crippen molar-refractivity contribution in [3.8, 4) is 11.6 Å². The van der Waals surface area contributed by atoms with Gasteiger partial charge in [-0.2, -0.15) is 0 Å². The lowest BCUT2D eigenvalue weighted by Gasteiger charge is -2.08. The number of benzene rings is 1. The molecule has 3 aromatic rings. The Kier molecular flexibility index (Phi) is 3.50. The second kappa shape index (κ2) is 5.45. The Balaban J connectivity index is 1.92. The van der Waals surface area contributed by atoms with Gasteiger partial charge in [0.05, 0.1) is 11.7 Å². The lowest BCUT2D eigenvalue weighted by molar-refractivity contribution is 0.461. The number of fused-ring (bicyclic) bond motifs is 1. The maximum atomic E-state index is 6.11. The fourth-order valence-electron chi connectivity index (χ4n) is 1.87. The van der Waals surface area contributed by atoms with Crippen LogP contribution in [0.2, 0.25) is 5.02 Å². The van der Waals surface area contributed by atoms with Crippen molar-refractivity contribution >= 4 is 22.5 Å². The maximum Gasteiger partial charge on any atom is 0.238 e. The molecule has 0 bridgehead atoms. The van der Waals surface area contributed by atoms with Crippen molar-refractivity contribution in [1.29, 1.82) is 0 Å². The first kappa shape index (κ1) is 12.8. The van der Waals surface area contributed by atoms with E-state index in [0.717, 1.165) is 16.5 Å². The van der Waals surface area contributed by atoms with E-state index in [9.17, 15) is 0 Å². The Bertz CT molecular complexity index is 761. The number of hydrogen-bond donors (Lipinski definition) is 1. The molecule has 0 unspecified atom stereocenters. The SMILES string of the molecule is NCc1cnc(Oc2cnc3ccccc3c2)c(Cl)c1. The van der Waals surface area contributed by atoms with Gasteiger partial charge in [0, 0.05) is 18.1 Å². The molecule has 0 aliphatic carbocycles. The molecule has 100 valence electrons. The Morgan fingerprint density at radius 3 is 2.75 bits per heavy atom. The molecule has 5 heteroatoms. The number of nitrogens with two attached hydrogens (primary N) is 1. The molecule has 0 aliphatic heterocycles. The summed E-state index contributed by atoms with van der Waals surface area (Å²) < 4.78 is 5.67. The Morgan fingerprint density at radius 2 is 1.95 bits per heavy atom. The van der Waals surface area contributed by atoms with Crippen LogP contribution in [-0.2, 0) is 6.54 Å². The van der Waals surface area contributed by atoms with Crippen LogP contribution in [0, 0.1) is 0 Å². The van der Waals surface area contributed by atoms with Crippen LogP contribution in [0.1, 0.15) is 5.56 Å². The standard InChI is InChI=1S/C15H12ClN3O/c16-13-5-10(7-17)8-19-15(13)20-12-6-11-3-1-2-4-14(11)18-9-12/h1-6,8-9H,7,17H2. The maximum absolute atomic E-state index is 6.11. The largest absolute Gasteiger partial charge is 0.436 e. The van der Waals surface area contributed by atoms with Crippen LogP contribution in [0.5, 0.6) is 11.6 Å². The second-order valence-corrected chi connectivity index (χ2v) is 4.71. The summed E-state index contributed by atoms with van der Waals surface area (Å²) >= 11 is 6.11. The third-order valence-corrected chi connectivity index (χ3v) is 3.15. The molecule has 2 N–H and O–H groups in total. The van der Waals surface area contributed by atoms with Gasteiger partial charge in [-0.15, -0.1) is 0 Å². The van der Waals surface area contributed by atoms with Gasteiger partial charge in [-0.1, -0.05) is 29.8 Å². The van der Waals surface area contributed by atoms with Crippen LogP contribution in [0.4, 0.5) is 0 Å². The number of ether oxygens (including phenoxy) is 1. The summed E-state index contributed by atoms with van der Waals surface area (Å²) in [4.78, 5) is 8.49. The van der Waals surface area contributed by atoms with Crippen LogP contribution in [0.3, 0.4) is 0 Å². The molecule has 0 amide bonds. The van der Waals surface area contributed by atoms with Gasteiger partial charge in [0.2, 0.25) is 5.88 Å². The molecule has 0 spiro atoms. The molecule has 3 rings (SSSR count). The smallest absolute Gasteiger partial charge is 0.238 e. The normalized spacial score (nSPS) is 10.7. The molecule has 1 aromatic carbocycles. The molecule has 0 fully saturated rings. The molecule has 2 heterocycles. The Morgan fingerprint density at radius 1 is 1.10 bits per heavy atom. The third kappa shape index (κ3) is 2.57. The summed E-state index contributed by atoms with van der Waals surface area (Å²) in [5.41, 5.74) is 7.31.